The van der Waals surface area contributed by atoms with Gasteiger partial charge in [-0.25, -0.2) is 4.98 Å². The lowest BCUT2D eigenvalue weighted by molar-refractivity contribution is 0.620. The molecule has 0 radical (unpaired) electrons. The fourth-order valence-corrected chi connectivity index (χ4v) is 11.6. The number of fused-ring (bicyclic) bond motifs is 9. The van der Waals surface area contributed by atoms with Gasteiger partial charge in [0.1, 0.15) is 5.52 Å². The average Bonchev–Trinajstić information content (AvgIpc) is 4.06. The van der Waals surface area contributed by atoms with Crippen LogP contribution in [0.1, 0.15) is 22.3 Å². The van der Waals surface area contributed by atoms with Crippen molar-refractivity contribution in [3.63, 3.8) is 0 Å². The molecule has 1 aliphatic carbocycles. The van der Waals surface area contributed by atoms with Crippen molar-refractivity contribution in [1.29, 1.82) is 0 Å². The number of nitrogens with zero attached hydrogens (tertiary/aromatic N) is 2. The maximum atomic E-state index is 6.76. The molecular formula is C60H38N2OS. The molecule has 4 heteroatoms. The van der Waals surface area contributed by atoms with Crippen LogP contribution in [0.15, 0.2) is 235 Å². The Hall–Kier alpha value is -8.05. The highest BCUT2D eigenvalue weighted by Gasteiger charge is 2.47. The number of rotatable bonds is 7. The first kappa shape index (κ1) is 36.6. The molecule has 300 valence electrons. The third-order valence-electron chi connectivity index (χ3n) is 13.2. The molecule has 0 N–H and O–H groups in total. The van der Waals surface area contributed by atoms with E-state index in [1.807, 2.05) is 35.6 Å². The Morgan fingerprint density at radius 1 is 0.453 bits per heavy atom. The summed E-state index contributed by atoms with van der Waals surface area (Å²) in [4.78, 5) is 7.67. The molecule has 64 heavy (non-hydrogen) atoms. The van der Waals surface area contributed by atoms with Crippen molar-refractivity contribution in [2.24, 2.45) is 0 Å². The van der Waals surface area contributed by atoms with Crippen LogP contribution in [0.3, 0.4) is 0 Å². The van der Waals surface area contributed by atoms with Gasteiger partial charge in [-0.15, -0.1) is 11.3 Å². The molecular weight excluding hydrogens is 797 g/mol. The van der Waals surface area contributed by atoms with Crippen LogP contribution in [0.25, 0.3) is 75.8 Å². The number of oxazole rings is 1. The van der Waals surface area contributed by atoms with E-state index in [4.69, 9.17) is 9.40 Å². The van der Waals surface area contributed by atoms with Crippen LogP contribution < -0.4 is 4.90 Å². The van der Waals surface area contributed by atoms with E-state index in [1.165, 1.54) is 69.9 Å². The molecule has 2 aromatic heterocycles. The Balaban J connectivity index is 1.15. The Morgan fingerprint density at radius 3 is 1.89 bits per heavy atom. The predicted molar refractivity (Wildman–Crippen MR) is 267 cm³/mol. The van der Waals surface area contributed by atoms with Gasteiger partial charge in [0.05, 0.1) is 22.4 Å². The molecule has 12 aromatic rings. The highest BCUT2D eigenvalue weighted by molar-refractivity contribution is 7.26. The van der Waals surface area contributed by atoms with Crippen LogP contribution in [-0.4, -0.2) is 4.98 Å². The van der Waals surface area contributed by atoms with Crippen LogP contribution in [0.4, 0.5) is 17.1 Å². The molecule has 10 aromatic carbocycles. The molecule has 0 saturated heterocycles. The molecule has 0 unspecified atom stereocenters. The topological polar surface area (TPSA) is 29.3 Å². The molecule has 0 bridgehead atoms. The summed E-state index contributed by atoms with van der Waals surface area (Å²) in [6, 6.07) is 83.6. The zero-order valence-electron chi connectivity index (χ0n) is 34.7. The zero-order chi connectivity index (χ0) is 42.2. The van der Waals surface area contributed by atoms with Crippen LogP contribution in [0, 0.1) is 0 Å². The van der Waals surface area contributed by atoms with Gasteiger partial charge in [0.2, 0.25) is 5.89 Å². The molecule has 13 rings (SSSR count). The van der Waals surface area contributed by atoms with Gasteiger partial charge in [0.25, 0.3) is 0 Å². The molecule has 0 spiro atoms. The molecule has 0 fully saturated rings. The quantitative estimate of drug-likeness (QED) is 0.160. The number of aromatic nitrogens is 1. The van der Waals surface area contributed by atoms with Crippen molar-refractivity contribution in [3.05, 3.63) is 253 Å². The van der Waals surface area contributed by atoms with E-state index in [-0.39, 0.29) is 0 Å². The van der Waals surface area contributed by atoms with E-state index in [1.54, 1.807) is 0 Å². The molecule has 0 amide bonds. The fourth-order valence-electron chi connectivity index (χ4n) is 10.4. The Kier molecular flexibility index (Phi) is 8.30. The van der Waals surface area contributed by atoms with E-state index in [0.29, 0.717) is 5.89 Å². The summed E-state index contributed by atoms with van der Waals surface area (Å²) in [6.07, 6.45) is 0. The van der Waals surface area contributed by atoms with E-state index >= 15 is 0 Å². The Morgan fingerprint density at radius 2 is 1.11 bits per heavy atom. The maximum Gasteiger partial charge on any atom is 0.229 e. The lowest BCUT2D eigenvalue weighted by atomic mass is 9.68. The summed E-state index contributed by atoms with van der Waals surface area (Å²) in [5, 5.41) is 4.91. The zero-order valence-corrected chi connectivity index (χ0v) is 35.5. The second-order valence-corrected chi connectivity index (χ2v) is 17.6. The van der Waals surface area contributed by atoms with Crippen molar-refractivity contribution >= 4 is 70.4 Å². The van der Waals surface area contributed by atoms with Crippen LogP contribution in [0.2, 0.25) is 0 Å². The van der Waals surface area contributed by atoms with Crippen molar-refractivity contribution in [1.82, 2.24) is 4.98 Å². The minimum Gasteiger partial charge on any atom is -0.436 e. The fraction of sp³-hybridized carbons (Fsp3) is 0.0167. The normalized spacial score (nSPS) is 12.8. The van der Waals surface area contributed by atoms with Gasteiger partial charge in [-0.3, -0.25) is 0 Å². The summed E-state index contributed by atoms with van der Waals surface area (Å²) < 4.78 is 9.24. The van der Waals surface area contributed by atoms with E-state index < -0.39 is 5.41 Å². The minimum atomic E-state index is -0.563. The number of benzene rings is 10. The first-order valence-corrected chi connectivity index (χ1v) is 22.6. The molecule has 0 aliphatic heterocycles. The minimum absolute atomic E-state index is 0.563. The Labute approximate surface area is 374 Å². The van der Waals surface area contributed by atoms with Crippen LogP contribution in [0.5, 0.6) is 0 Å². The second kappa shape index (κ2) is 14.5. The number of anilines is 3. The van der Waals surface area contributed by atoms with E-state index in [2.05, 4.69) is 211 Å². The van der Waals surface area contributed by atoms with Gasteiger partial charge in [-0.2, -0.15) is 0 Å². The van der Waals surface area contributed by atoms with E-state index in [0.717, 1.165) is 39.3 Å². The summed E-state index contributed by atoms with van der Waals surface area (Å²) in [5.74, 6) is 0.583. The summed E-state index contributed by atoms with van der Waals surface area (Å²) in [7, 11) is 0. The molecule has 2 heterocycles. The predicted octanol–water partition coefficient (Wildman–Crippen LogP) is 16.5. The third kappa shape index (κ3) is 5.49. The summed E-state index contributed by atoms with van der Waals surface area (Å²) >= 11 is 1.85. The Bertz CT molecular complexity index is 3650. The highest BCUT2D eigenvalue weighted by atomic mass is 32.1. The number of hydrogen-bond acceptors (Lipinski definition) is 4. The second-order valence-electron chi connectivity index (χ2n) is 16.6. The maximum absolute atomic E-state index is 6.76. The van der Waals surface area contributed by atoms with Gasteiger partial charge in [-0.05, 0) is 92.2 Å². The molecule has 0 saturated carbocycles. The van der Waals surface area contributed by atoms with Gasteiger partial charge < -0.3 is 9.32 Å². The lowest BCUT2D eigenvalue weighted by Crippen LogP contribution is -2.28. The van der Waals surface area contributed by atoms with Gasteiger partial charge >= 0.3 is 0 Å². The van der Waals surface area contributed by atoms with E-state index in [9.17, 15) is 0 Å². The highest BCUT2D eigenvalue weighted by Crippen LogP contribution is 2.60. The summed E-state index contributed by atoms with van der Waals surface area (Å²) in [6.45, 7) is 0. The van der Waals surface area contributed by atoms with Crippen molar-refractivity contribution in [3.8, 4) is 33.7 Å². The summed E-state index contributed by atoms with van der Waals surface area (Å²) in [5.41, 5.74) is 14.8. The van der Waals surface area contributed by atoms with Crippen LogP contribution in [-0.2, 0) is 5.41 Å². The average molecular weight is 835 g/mol. The number of thiophene rings is 1. The first-order chi connectivity index (χ1) is 31.7. The van der Waals surface area contributed by atoms with Crippen LogP contribution >= 0.6 is 11.3 Å². The monoisotopic (exact) mass is 834 g/mol. The standard InChI is InChI=1S/C60H38N2OS/c1-4-17-39(18-5-1)40-31-34-44(35-32-40)62(53-29-16-27-51-57(53)47-25-12-13-26-50(47)60(51,42-20-6-2-7-21-42)43-22-8-3-9-23-43)54-38-56-48(37-49(54)59-61-52-28-14-15-30-55(52)63-59)46-36-33-41-19-10-11-24-45(41)58(46)64-56/h1-38H. The van der Waals surface area contributed by atoms with Gasteiger partial charge in [0, 0.05) is 31.4 Å². The van der Waals surface area contributed by atoms with Crippen molar-refractivity contribution < 1.29 is 4.42 Å². The number of hydrogen-bond donors (Lipinski definition) is 0. The van der Waals surface area contributed by atoms with Gasteiger partial charge in [0.15, 0.2) is 5.58 Å². The van der Waals surface area contributed by atoms with Crippen molar-refractivity contribution in [2.75, 3.05) is 4.90 Å². The van der Waals surface area contributed by atoms with Gasteiger partial charge in [-0.1, -0.05) is 188 Å². The van der Waals surface area contributed by atoms with Crippen molar-refractivity contribution in [2.45, 2.75) is 5.41 Å². The smallest absolute Gasteiger partial charge is 0.229 e. The molecule has 1 aliphatic rings. The third-order valence-corrected chi connectivity index (χ3v) is 14.4. The lowest BCUT2D eigenvalue weighted by Gasteiger charge is -2.34. The number of para-hydroxylation sites is 2. The largest absolute Gasteiger partial charge is 0.436 e. The first-order valence-electron chi connectivity index (χ1n) is 21.8. The molecule has 3 nitrogen and oxygen atoms in total. The molecule has 0 atom stereocenters. The SMILES string of the molecule is c1ccc(-c2ccc(N(c3cc4sc5c6ccccc6ccc5c4cc3-c3nc4ccccc4o3)c3cccc4c3-c3ccccc3C4(c3ccccc3)c3ccccc3)cc2)cc1.